The van der Waals surface area contributed by atoms with Gasteiger partial charge in [0.15, 0.2) is 0 Å². The van der Waals surface area contributed by atoms with Crippen LogP contribution >= 0.6 is 0 Å². The van der Waals surface area contributed by atoms with Crippen LogP contribution < -0.4 is 0 Å². The molecule has 2 unspecified atom stereocenters. The Balaban J connectivity index is 1.71. The van der Waals surface area contributed by atoms with Gasteiger partial charge in [-0.25, -0.2) is 0 Å². The number of aliphatic hydroxyl groups is 1. The summed E-state index contributed by atoms with van der Waals surface area (Å²) in [4.78, 5) is 0. The largest absolute Gasteiger partial charge is 0.385 e. The van der Waals surface area contributed by atoms with E-state index in [1.165, 1.54) is 11.1 Å². The molecular formula is C20H24O. The first-order chi connectivity index (χ1) is 10.2. The summed E-state index contributed by atoms with van der Waals surface area (Å²) in [6, 6.07) is 19.0. The lowest BCUT2D eigenvalue weighted by molar-refractivity contribution is 0.00529. The fourth-order valence-corrected chi connectivity index (χ4v) is 3.59. The Morgan fingerprint density at radius 2 is 1.76 bits per heavy atom. The minimum atomic E-state index is -0.627. The van der Waals surface area contributed by atoms with Crippen molar-refractivity contribution >= 4 is 0 Å². The molecule has 1 nitrogen and oxygen atoms in total. The van der Waals surface area contributed by atoms with Crippen molar-refractivity contribution in [2.24, 2.45) is 0 Å². The van der Waals surface area contributed by atoms with Crippen molar-refractivity contribution in [2.75, 3.05) is 0 Å². The van der Waals surface area contributed by atoms with Crippen molar-refractivity contribution < 1.29 is 5.11 Å². The second-order valence-electron chi connectivity index (χ2n) is 6.40. The van der Waals surface area contributed by atoms with E-state index in [9.17, 15) is 5.11 Å². The molecule has 1 aliphatic rings. The maximum Gasteiger partial charge on any atom is 0.0899 e. The molecule has 0 saturated carbocycles. The van der Waals surface area contributed by atoms with E-state index in [1.807, 2.05) is 0 Å². The Kier molecular flexibility index (Phi) is 4.12. The molecule has 2 aromatic carbocycles. The van der Waals surface area contributed by atoms with Gasteiger partial charge in [0, 0.05) is 0 Å². The lowest BCUT2D eigenvalue weighted by Gasteiger charge is -2.37. The number of fused-ring (bicyclic) bond motifs is 1. The molecule has 2 aromatic rings. The van der Waals surface area contributed by atoms with E-state index in [1.54, 1.807) is 0 Å². The summed E-state index contributed by atoms with van der Waals surface area (Å²) in [6.45, 7) is 2.27. The Labute approximate surface area is 127 Å². The van der Waals surface area contributed by atoms with Crippen molar-refractivity contribution in [1.29, 1.82) is 0 Å². The van der Waals surface area contributed by atoms with Crippen molar-refractivity contribution in [3.8, 4) is 0 Å². The summed E-state index contributed by atoms with van der Waals surface area (Å²) in [5, 5.41) is 11.1. The zero-order valence-corrected chi connectivity index (χ0v) is 12.8. The molecule has 0 saturated heterocycles. The van der Waals surface area contributed by atoms with Gasteiger partial charge in [-0.2, -0.15) is 0 Å². The van der Waals surface area contributed by atoms with E-state index in [0.717, 1.165) is 37.7 Å². The van der Waals surface area contributed by atoms with Crippen molar-refractivity contribution in [3.63, 3.8) is 0 Å². The molecule has 3 rings (SSSR count). The molecule has 0 heterocycles. The quantitative estimate of drug-likeness (QED) is 0.853. The van der Waals surface area contributed by atoms with Crippen LogP contribution in [0.4, 0.5) is 0 Å². The summed E-state index contributed by atoms with van der Waals surface area (Å²) in [7, 11) is 0. The maximum atomic E-state index is 11.1. The summed E-state index contributed by atoms with van der Waals surface area (Å²) >= 11 is 0. The third-order valence-corrected chi connectivity index (χ3v) is 4.88. The molecule has 0 spiro atoms. The van der Waals surface area contributed by atoms with Crippen LogP contribution in [-0.2, 0) is 12.0 Å². The number of benzene rings is 2. The molecule has 1 heteroatoms. The van der Waals surface area contributed by atoms with Gasteiger partial charge in [-0.05, 0) is 54.7 Å². The highest BCUT2D eigenvalue weighted by Crippen LogP contribution is 2.43. The smallest absolute Gasteiger partial charge is 0.0899 e. The number of rotatable bonds is 4. The van der Waals surface area contributed by atoms with Crippen molar-refractivity contribution in [1.82, 2.24) is 0 Å². The van der Waals surface area contributed by atoms with Gasteiger partial charge in [0.25, 0.3) is 0 Å². The third-order valence-electron chi connectivity index (χ3n) is 4.88. The summed E-state index contributed by atoms with van der Waals surface area (Å²) in [5.74, 6) is 0.565. The van der Waals surface area contributed by atoms with Crippen LogP contribution in [0.25, 0.3) is 0 Å². The second-order valence-corrected chi connectivity index (χ2v) is 6.40. The monoisotopic (exact) mass is 280 g/mol. The average Bonchev–Trinajstić information content (AvgIpc) is 2.53. The Bertz CT molecular complexity index is 590. The first kappa shape index (κ1) is 14.3. The molecule has 110 valence electrons. The Morgan fingerprint density at radius 3 is 2.57 bits per heavy atom. The topological polar surface area (TPSA) is 20.2 Å². The second kappa shape index (κ2) is 6.03. The summed E-state index contributed by atoms with van der Waals surface area (Å²) in [5.41, 5.74) is 3.24. The molecule has 0 aromatic heterocycles. The SMILES string of the molecule is CC1CCC(O)(CCCc2ccccc2)c2ccccc21. The van der Waals surface area contributed by atoms with E-state index in [-0.39, 0.29) is 0 Å². The fourth-order valence-electron chi connectivity index (χ4n) is 3.59. The van der Waals surface area contributed by atoms with Crippen LogP contribution in [0.15, 0.2) is 54.6 Å². The molecule has 0 radical (unpaired) electrons. The number of hydrogen-bond acceptors (Lipinski definition) is 1. The molecule has 21 heavy (non-hydrogen) atoms. The zero-order valence-electron chi connectivity index (χ0n) is 12.8. The van der Waals surface area contributed by atoms with E-state index in [0.29, 0.717) is 5.92 Å². The van der Waals surface area contributed by atoms with Crippen molar-refractivity contribution in [3.05, 3.63) is 71.3 Å². The molecule has 0 aliphatic heterocycles. The molecular weight excluding hydrogens is 256 g/mol. The van der Waals surface area contributed by atoms with E-state index in [4.69, 9.17) is 0 Å². The minimum absolute atomic E-state index is 0.565. The predicted molar refractivity (Wildman–Crippen MR) is 87.4 cm³/mol. The molecule has 1 N–H and O–H groups in total. The lowest BCUT2D eigenvalue weighted by atomic mass is 9.72. The maximum absolute atomic E-state index is 11.1. The fraction of sp³-hybridized carbons (Fsp3) is 0.400. The third kappa shape index (κ3) is 3.03. The van der Waals surface area contributed by atoms with Gasteiger partial charge < -0.3 is 5.11 Å². The molecule has 1 aliphatic carbocycles. The molecule has 2 atom stereocenters. The summed E-state index contributed by atoms with van der Waals surface area (Å²) < 4.78 is 0. The predicted octanol–water partition coefficient (Wildman–Crippen LogP) is 4.79. The van der Waals surface area contributed by atoms with Crippen LogP contribution in [0.1, 0.15) is 55.2 Å². The van der Waals surface area contributed by atoms with Gasteiger partial charge in [0.05, 0.1) is 5.60 Å². The Morgan fingerprint density at radius 1 is 1.05 bits per heavy atom. The zero-order chi connectivity index (χ0) is 14.7. The first-order valence-electron chi connectivity index (χ1n) is 8.05. The minimum Gasteiger partial charge on any atom is -0.385 e. The Hall–Kier alpha value is -1.60. The van der Waals surface area contributed by atoms with Crippen LogP contribution in [0.3, 0.4) is 0 Å². The van der Waals surface area contributed by atoms with Crippen LogP contribution in [0, 0.1) is 0 Å². The van der Waals surface area contributed by atoms with Crippen LogP contribution in [0.2, 0.25) is 0 Å². The first-order valence-corrected chi connectivity index (χ1v) is 8.05. The van der Waals surface area contributed by atoms with Crippen molar-refractivity contribution in [2.45, 2.75) is 50.5 Å². The van der Waals surface area contributed by atoms with Gasteiger partial charge in [-0.3, -0.25) is 0 Å². The molecule has 0 fully saturated rings. The van der Waals surface area contributed by atoms with Gasteiger partial charge in [-0.1, -0.05) is 61.5 Å². The molecule has 0 amide bonds. The lowest BCUT2D eigenvalue weighted by Crippen LogP contribution is -2.31. The van der Waals surface area contributed by atoms with Gasteiger partial charge in [0.1, 0.15) is 0 Å². The standard InChI is InChI=1S/C20H24O/c1-16-13-15-20(21,19-12-6-5-11-18(16)19)14-7-10-17-8-3-2-4-9-17/h2-6,8-9,11-12,16,21H,7,10,13-15H2,1H3. The van der Waals surface area contributed by atoms with Gasteiger partial charge in [0.2, 0.25) is 0 Å². The average molecular weight is 280 g/mol. The highest BCUT2D eigenvalue weighted by atomic mass is 16.3. The highest BCUT2D eigenvalue weighted by molar-refractivity contribution is 5.37. The number of hydrogen-bond donors (Lipinski definition) is 1. The van der Waals surface area contributed by atoms with E-state index in [2.05, 4.69) is 61.5 Å². The van der Waals surface area contributed by atoms with Gasteiger partial charge in [-0.15, -0.1) is 0 Å². The van der Waals surface area contributed by atoms with E-state index < -0.39 is 5.60 Å². The normalized spacial score (nSPS) is 24.6. The van der Waals surface area contributed by atoms with Crippen LogP contribution in [0.5, 0.6) is 0 Å². The van der Waals surface area contributed by atoms with Crippen LogP contribution in [-0.4, -0.2) is 5.11 Å². The van der Waals surface area contributed by atoms with E-state index >= 15 is 0 Å². The summed E-state index contributed by atoms with van der Waals surface area (Å²) in [6.07, 6.45) is 4.90. The molecule has 0 bridgehead atoms. The number of aryl methyl sites for hydroxylation is 1. The van der Waals surface area contributed by atoms with Gasteiger partial charge >= 0.3 is 0 Å². The highest BCUT2D eigenvalue weighted by Gasteiger charge is 2.35.